The number of carbonyl (C=O) groups excluding carboxylic acids is 2. The van der Waals surface area contributed by atoms with Gasteiger partial charge in [-0.1, -0.05) is 30.3 Å². The number of nitrogens with zero attached hydrogens (tertiary/aromatic N) is 1. The van der Waals surface area contributed by atoms with Crippen LogP contribution in [0.1, 0.15) is 21.5 Å². The zero-order valence-electron chi connectivity index (χ0n) is 12.4. The SMILES string of the molecule is NC(=O)C1Cc2ccccc2N1C(=O)c1ccccc1C(F)(F)F. The molecule has 4 nitrogen and oxygen atoms in total. The fraction of sp³-hybridized carbons (Fsp3) is 0.176. The molecule has 3 rings (SSSR count). The van der Waals surface area contributed by atoms with E-state index in [4.69, 9.17) is 5.73 Å². The van der Waals surface area contributed by atoms with Gasteiger partial charge in [0.05, 0.1) is 11.1 Å². The van der Waals surface area contributed by atoms with Gasteiger partial charge in [0.15, 0.2) is 0 Å². The number of alkyl halides is 3. The second-order valence-electron chi connectivity index (χ2n) is 5.47. The third-order valence-corrected chi connectivity index (χ3v) is 3.99. The molecular formula is C17H13F3N2O2. The summed E-state index contributed by atoms with van der Waals surface area (Å²) < 4.78 is 39.6. The van der Waals surface area contributed by atoms with Crippen molar-refractivity contribution in [3.05, 3.63) is 65.2 Å². The fourth-order valence-corrected chi connectivity index (χ4v) is 2.91. The smallest absolute Gasteiger partial charge is 0.368 e. The number of halogens is 3. The molecule has 0 saturated heterocycles. The third kappa shape index (κ3) is 2.62. The normalized spacial score (nSPS) is 16.8. The van der Waals surface area contributed by atoms with Crippen molar-refractivity contribution < 1.29 is 22.8 Å². The highest BCUT2D eigenvalue weighted by Crippen LogP contribution is 2.37. The van der Waals surface area contributed by atoms with Crippen molar-refractivity contribution in [2.45, 2.75) is 18.6 Å². The Morgan fingerprint density at radius 3 is 2.33 bits per heavy atom. The number of anilines is 1. The summed E-state index contributed by atoms with van der Waals surface area (Å²) in [5.74, 6) is -1.65. The van der Waals surface area contributed by atoms with Gasteiger partial charge < -0.3 is 5.73 Å². The van der Waals surface area contributed by atoms with Gasteiger partial charge in [0, 0.05) is 12.1 Å². The quantitative estimate of drug-likeness (QED) is 0.918. The van der Waals surface area contributed by atoms with Gasteiger partial charge in [-0.25, -0.2) is 0 Å². The van der Waals surface area contributed by atoms with Gasteiger partial charge in [0.1, 0.15) is 6.04 Å². The monoisotopic (exact) mass is 334 g/mol. The van der Waals surface area contributed by atoms with Gasteiger partial charge in [-0.3, -0.25) is 14.5 Å². The number of para-hydroxylation sites is 1. The van der Waals surface area contributed by atoms with Crippen molar-refractivity contribution in [2.75, 3.05) is 4.90 Å². The van der Waals surface area contributed by atoms with Crippen molar-refractivity contribution in [3.8, 4) is 0 Å². The number of carbonyl (C=O) groups is 2. The van der Waals surface area contributed by atoms with E-state index in [0.29, 0.717) is 11.3 Å². The van der Waals surface area contributed by atoms with E-state index in [-0.39, 0.29) is 6.42 Å². The first-order valence-corrected chi connectivity index (χ1v) is 7.17. The Hall–Kier alpha value is -2.83. The van der Waals surface area contributed by atoms with Crippen LogP contribution in [-0.2, 0) is 17.4 Å². The number of rotatable bonds is 2. The van der Waals surface area contributed by atoms with E-state index in [1.54, 1.807) is 24.3 Å². The van der Waals surface area contributed by atoms with Crippen molar-refractivity contribution in [3.63, 3.8) is 0 Å². The number of amides is 2. The molecule has 0 spiro atoms. The zero-order chi connectivity index (χ0) is 17.5. The molecule has 2 aromatic rings. The number of nitrogens with two attached hydrogens (primary N) is 1. The van der Waals surface area contributed by atoms with E-state index in [2.05, 4.69) is 0 Å². The highest BCUT2D eigenvalue weighted by molar-refractivity contribution is 6.12. The maximum Gasteiger partial charge on any atom is 0.417 e. The fourth-order valence-electron chi connectivity index (χ4n) is 2.91. The molecule has 0 fully saturated rings. The average Bonchev–Trinajstić information content (AvgIpc) is 2.93. The highest BCUT2D eigenvalue weighted by atomic mass is 19.4. The standard InChI is InChI=1S/C17H13F3N2O2/c18-17(19,20)12-7-3-2-6-11(12)16(24)22-13-8-4-1-5-10(13)9-14(22)15(21)23/h1-8,14H,9H2,(H2,21,23). The summed E-state index contributed by atoms with van der Waals surface area (Å²) in [6.45, 7) is 0. The molecule has 1 aliphatic heterocycles. The van der Waals surface area contributed by atoms with Crippen LogP contribution in [0, 0.1) is 0 Å². The Bertz CT molecular complexity index is 817. The third-order valence-electron chi connectivity index (χ3n) is 3.99. The molecule has 124 valence electrons. The summed E-state index contributed by atoms with van der Waals surface area (Å²) in [5.41, 5.74) is 4.91. The van der Waals surface area contributed by atoms with E-state index in [9.17, 15) is 22.8 Å². The predicted octanol–water partition coefficient (Wildman–Crippen LogP) is 2.76. The van der Waals surface area contributed by atoms with E-state index in [1.165, 1.54) is 12.1 Å². The van der Waals surface area contributed by atoms with Crippen LogP contribution in [0.3, 0.4) is 0 Å². The molecule has 1 heterocycles. The lowest BCUT2D eigenvalue weighted by Gasteiger charge is -2.24. The van der Waals surface area contributed by atoms with Gasteiger partial charge >= 0.3 is 6.18 Å². The molecule has 24 heavy (non-hydrogen) atoms. The molecular weight excluding hydrogens is 321 g/mol. The molecule has 1 unspecified atom stereocenters. The zero-order valence-corrected chi connectivity index (χ0v) is 12.4. The lowest BCUT2D eigenvalue weighted by Crippen LogP contribution is -2.46. The molecule has 7 heteroatoms. The average molecular weight is 334 g/mol. The van der Waals surface area contributed by atoms with Gasteiger partial charge in [0.25, 0.3) is 5.91 Å². The molecule has 0 radical (unpaired) electrons. The number of benzene rings is 2. The van der Waals surface area contributed by atoms with E-state index >= 15 is 0 Å². The van der Waals surface area contributed by atoms with E-state index in [1.807, 2.05) is 0 Å². The van der Waals surface area contributed by atoms with Gasteiger partial charge in [-0.2, -0.15) is 13.2 Å². The molecule has 2 aromatic carbocycles. The van der Waals surface area contributed by atoms with Crippen LogP contribution in [0.15, 0.2) is 48.5 Å². The maximum atomic E-state index is 13.2. The van der Waals surface area contributed by atoms with Crippen molar-refractivity contribution in [1.29, 1.82) is 0 Å². The summed E-state index contributed by atoms with van der Waals surface area (Å²) in [6.07, 6.45) is -4.49. The maximum absolute atomic E-state index is 13.2. The minimum Gasteiger partial charge on any atom is -0.368 e. The largest absolute Gasteiger partial charge is 0.417 e. The molecule has 1 aliphatic rings. The summed E-state index contributed by atoms with van der Waals surface area (Å²) in [7, 11) is 0. The van der Waals surface area contributed by atoms with E-state index in [0.717, 1.165) is 17.0 Å². The number of hydrogen-bond donors (Lipinski definition) is 1. The summed E-state index contributed by atoms with van der Waals surface area (Å²) in [6, 6.07) is 10.2. The lowest BCUT2D eigenvalue weighted by molar-refractivity contribution is -0.137. The molecule has 0 aromatic heterocycles. The Kier molecular flexibility index (Phi) is 3.79. The minimum absolute atomic E-state index is 0.186. The molecule has 2 N–H and O–H groups in total. The van der Waals surface area contributed by atoms with E-state index < -0.39 is 35.2 Å². The first-order valence-electron chi connectivity index (χ1n) is 7.17. The number of primary amides is 1. The molecule has 0 aliphatic carbocycles. The van der Waals surface area contributed by atoms with Crippen molar-refractivity contribution >= 4 is 17.5 Å². The van der Waals surface area contributed by atoms with Crippen LogP contribution in [0.2, 0.25) is 0 Å². The lowest BCUT2D eigenvalue weighted by atomic mass is 10.0. The minimum atomic E-state index is -4.67. The molecule has 2 amide bonds. The Morgan fingerprint density at radius 1 is 1.04 bits per heavy atom. The van der Waals surface area contributed by atoms with Crippen LogP contribution in [-0.4, -0.2) is 17.9 Å². The van der Waals surface area contributed by atoms with Crippen LogP contribution in [0.25, 0.3) is 0 Å². The second-order valence-corrected chi connectivity index (χ2v) is 5.47. The topological polar surface area (TPSA) is 63.4 Å². The summed E-state index contributed by atoms with van der Waals surface area (Å²) in [5, 5.41) is 0. The Morgan fingerprint density at radius 2 is 1.67 bits per heavy atom. The first-order chi connectivity index (χ1) is 11.3. The molecule has 1 atom stereocenters. The van der Waals surface area contributed by atoms with Gasteiger partial charge in [-0.05, 0) is 23.8 Å². The molecule has 0 bridgehead atoms. The summed E-state index contributed by atoms with van der Waals surface area (Å²) >= 11 is 0. The highest BCUT2D eigenvalue weighted by Gasteiger charge is 2.41. The summed E-state index contributed by atoms with van der Waals surface area (Å²) in [4.78, 5) is 25.6. The Labute approximate surface area is 135 Å². The number of fused-ring (bicyclic) bond motifs is 1. The number of hydrogen-bond acceptors (Lipinski definition) is 2. The molecule has 0 saturated carbocycles. The second kappa shape index (κ2) is 5.67. The van der Waals surface area contributed by atoms with Crippen LogP contribution < -0.4 is 10.6 Å². The van der Waals surface area contributed by atoms with Gasteiger partial charge in [0.2, 0.25) is 5.91 Å². The van der Waals surface area contributed by atoms with Crippen LogP contribution >= 0.6 is 0 Å². The first kappa shape index (κ1) is 16.0. The van der Waals surface area contributed by atoms with Gasteiger partial charge in [-0.15, -0.1) is 0 Å². The Balaban J connectivity index is 2.11. The predicted molar refractivity (Wildman–Crippen MR) is 81.4 cm³/mol. The van der Waals surface area contributed by atoms with Crippen molar-refractivity contribution in [2.24, 2.45) is 5.73 Å². The van der Waals surface area contributed by atoms with Crippen LogP contribution in [0.5, 0.6) is 0 Å². The van der Waals surface area contributed by atoms with Crippen molar-refractivity contribution in [1.82, 2.24) is 0 Å². The van der Waals surface area contributed by atoms with Crippen LogP contribution in [0.4, 0.5) is 18.9 Å².